The molecule has 136 valence electrons. The minimum Gasteiger partial charge on any atom is -0.305 e. The molecule has 2 aliphatic rings. The molecule has 0 bridgehead atoms. The molecule has 1 saturated heterocycles. The molecule has 1 atom stereocenters. The van der Waals surface area contributed by atoms with Crippen molar-refractivity contribution < 1.29 is 14.4 Å². The number of benzene rings is 2. The highest BCUT2D eigenvalue weighted by atomic mass is 32.2. The van der Waals surface area contributed by atoms with Gasteiger partial charge in [-0.2, -0.15) is 0 Å². The Morgan fingerprint density at radius 2 is 1.89 bits per heavy atom. The minimum atomic E-state index is -0.385. The van der Waals surface area contributed by atoms with E-state index in [1.54, 1.807) is 30.3 Å². The number of aryl methyl sites for hydroxylation is 1. The third kappa shape index (κ3) is 3.40. The van der Waals surface area contributed by atoms with Crippen LogP contribution in [0.15, 0.2) is 53.4 Å². The predicted molar refractivity (Wildman–Crippen MR) is 107 cm³/mol. The van der Waals surface area contributed by atoms with Gasteiger partial charge in [0.05, 0.1) is 4.91 Å². The quantitative estimate of drug-likeness (QED) is 0.803. The maximum absolute atomic E-state index is 13.1. The van der Waals surface area contributed by atoms with E-state index in [1.807, 2.05) is 23.1 Å². The largest absolute Gasteiger partial charge is 0.305 e. The maximum Gasteiger partial charge on any atom is 0.290 e. The molecule has 2 aromatic rings. The Labute approximate surface area is 161 Å². The second-order valence-corrected chi connectivity index (χ2v) is 7.68. The number of thioether (sulfide) groups is 1. The van der Waals surface area contributed by atoms with Gasteiger partial charge in [0, 0.05) is 17.3 Å². The SMILES string of the molecule is C[C@@H]1CCc2ccccc2N1C(=O)c1ccc(/C=C2\SC(=O)NC2=O)cc1. The van der Waals surface area contributed by atoms with Crippen molar-refractivity contribution in [2.75, 3.05) is 4.90 Å². The first-order valence-electron chi connectivity index (χ1n) is 8.79. The van der Waals surface area contributed by atoms with E-state index >= 15 is 0 Å². The van der Waals surface area contributed by atoms with E-state index in [2.05, 4.69) is 18.3 Å². The van der Waals surface area contributed by atoms with Gasteiger partial charge in [0.2, 0.25) is 0 Å². The molecule has 27 heavy (non-hydrogen) atoms. The standard InChI is InChI=1S/C21H18N2O3S/c1-13-6-9-15-4-2-3-5-17(15)23(13)20(25)16-10-7-14(8-11-16)12-18-19(24)22-21(26)27-18/h2-5,7-8,10-13H,6,9H2,1H3,(H,22,24,26)/b18-12-/t13-/m1/s1. The highest BCUT2D eigenvalue weighted by Gasteiger charge is 2.29. The van der Waals surface area contributed by atoms with Crippen molar-refractivity contribution in [3.8, 4) is 0 Å². The van der Waals surface area contributed by atoms with Crippen molar-refractivity contribution >= 4 is 40.6 Å². The molecule has 2 heterocycles. The van der Waals surface area contributed by atoms with E-state index in [-0.39, 0.29) is 23.1 Å². The number of hydrogen-bond donors (Lipinski definition) is 1. The van der Waals surface area contributed by atoms with Crippen LogP contribution in [0.4, 0.5) is 10.5 Å². The van der Waals surface area contributed by atoms with E-state index in [0.717, 1.165) is 35.9 Å². The van der Waals surface area contributed by atoms with Gasteiger partial charge in [0.25, 0.3) is 17.1 Å². The minimum absolute atomic E-state index is 0.0305. The van der Waals surface area contributed by atoms with Crippen molar-refractivity contribution in [1.29, 1.82) is 0 Å². The molecule has 0 aliphatic carbocycles. The smallest absolute Gasteiger partial charge is 0.290 e. The van der Waals surface area contributed by atoms with Gasteiger partial charge >= 0.3 is 0 Å². The molecule has 5 nitrogen and oxygen atoms in total. The van der Waals surface area contributed by atoms with Crippen LogP contribution in [0, 0.1) is 0 Å². The lowest BCUT2D eigenvalue weighted by atomic mass is 9.95. The number of rotatable bonds is 2. The first-order valence-corrected chi connectivity index (χ1v) is 9.61. The summed E-state index contributed by atoms with van der Waals surface area (Å²) < 4.78 is 0. The average Bonchev–Trinajstić information content (AvgIpc) is 2.98. The number of anilines is 1. The molecule has 3 amide bonds. The van der Waals surface area contributed by atoms with Crippen molar-refractivity contribution in [3.05, 3.63) is 70.1 Å². The summed E-state index contributed by atoms with van der Waals surface area (Å²) in [5, 5.41) is 1.87. The van der Waals surface area contributed by atoms with Crippen LogP contribution in [0.3, 0.4) is 0 Å². The fourth-order valence-electron chi connectivity index (χ4n) is 3.43. The normalized spacial score (nSPS) is 20.6. The Bertz CT molecular complexity index is 966. The molecule has 2 aromatic carbocycles. The van der Waals surface area contributed by atoms with Crippen molar-refractivity contribution in [2.24, 2.45) is 0 Å². The average molecular weight is 378 g/mol. The monoisotopic (exact) mass is 378 g/mol. The van der Waals surface area contributed by atoms with Crippen LogP contribution in [0.1, 0.15) is 34.8 Å². The molecular weight excluding hydrogens is 360 g/mol. The first-order chi connectivity index (χ1) is 13.0. The molecule has 0 unspecified atom stereocenters. The topological polar surface area (TPSA) is 66.5 Å². The number of fused-ring (bicyclic) bond motifs is 1. The molecule has 0 saturated carbocycles. The molecule has 1 N–H and O–H groups in total. The highest BCUT2D eigenvalue weighted by Crippen LogP contribution is 2.32. The van der Waals surface area contributed by atoms with Crippen LogP contribution in [0.25, 0.3) is 6.08 Å². The molecule has 4 rings (SSSR count). The zero-order chi connectivity index (χ0) is 19.0. The zero-order valence-electron chi connectivity index (χ0n) is 14.8. The maximum atomic E-state index is 13.1. The van der Waals surface area contributed by atoms with E-state index in [4.69, 9.17) is 0 Å². The van der Waals surface area contributed by atoms with Gasteiger partial charge in [-0.15, -0.1) is 0 Å². The Hall–Kier alpha value is -2.86. The van der Waals surface area contributed by atoms with E-state index in [0.29, 0.717) is 10.5 Å². The van der Waals surface area contributed by atoms with Crippen LogP contribution < -0.4 is 10.2 Å². The predicted octanol–water partition coefficient (Wildman–Crippen LogP) is 3.99. The second-order valence-electron chi connectivity index (χ2n) is 6.67. The van der Waals surface area contributed by atoms with Crippen LogP contribution in [-0.2, 0) is 11.2 Å². The van der Waals surface area contributed by atoms with E-state index in [1.165, 1.54) is 5.56 Å². The molecule has 0 radical (unpaired) electrons. The van der Waals surface area contributed by atoms with Crippen LogP contribution in [0.5, 0.6) is 0 Å². The lowest BCUT2D eigenvalue weighted by Crippen LogP contribution is -2.42. The summed E-state index contributed by atoms with van der Waals surface area (Å²) in [6.45, 7) is 2.07. The molecule has 6 heteroatoms. The number of para-hydroxylation sites is 1. The first kappa shape index (κ1) is 17.5. The summed E-state index contributed by atoms with van der Waals surface area (Å²) in [7, 11) is 0. The summed E-state index contributed by atoms with van der Waals surface area (Å²) in [5.74, 6) is -0.416. The van der Waals surface area contributed by atoms with Gasteiger partial charge in [-0.1, -0.05) is 30.3 Å². The fraction of sp³-hybridized carbons (Fsp3) is 0.190. The molecule has 1 fully saturated rings. The van der Waals surface area contributed by atoms with Gasteiger partial charge < -0.3 is 4.90 Å². The fourth-order valence-corrected chi connectivity index (χ4v) is 4.11. The third-order valence-electron chi connectivity index (χ3n) is 4.84. The second kappa shape index (κ2) is 7.04. The van der Waals surface area contributed by atoms with E-state index < -0.39 is 0 Å². The van der Waals surface area contributed by atoms with Gasteiger partial charge in [-0.3, -0.25) is 19.7 Å². The lowest BCUT2D eigenvalue weighted by molar-refractivity contribution is -0.115. The number of amides is 3. The van der Waals surface area contributed by atoms with Crippen LogP contribution >= 0.6 is 11.8 Å². The van der Waals surface area contributed by atoms with E-state index in [9.17, 15) is 14.4 Å². The summed E-state index contributed by atoms with van der Waals surface area (Å²) in [4.78, 5) is 38.2. The Morgan fingerprint density at radius 3 is 2.59 bits per heavy atom. The zero-order valence-corrected chi connectivity index (χ0v) is 15.6. The molecule has 0 spiro atoms. The number of carbonyl (C=O) groups is 3. The Balaban J connectivity index is 1.59. The lowest BCUT2D eigenvalue weighted by Gasteiger charge is -2.35. The number of nitrogens with zero attached hydrogens (tertiary/aromatic N) is 1. The van der Waals surface area contributed by atoms with Crippen molar-refractivity contribution in [2.45, 2.75) is 25.8 Å². The summed E-state index contributed by atoms with van der Waals surface area (Å²) in [5.41, 5.74) is 3.54. The molecule has 2 aliphatic heterocycles. The summed E-state index contributed by atoms with van der Waals surface area (Å²) >= 11 is 0.881. The number of hydrogen-bond acceptors (Lipinski definition) is 4. The van der Waals surface area contributed by atoms with Gasteiger partial charge in [0.15, 0.2) is 0 Å². The van der Waals surface area contributed by atoms with Crippen molar-refractivity contribution in [1.82, 2.24) is 5.32 Å². The highest BCUT2D eigenvalue weighted by molar-refractivity contribution is 8.18. The van der Waals surface area contributed by atoms with Crippen molar-refractivity contribution in [3.63, 3.8) is 0 Å². The van der Waals surface area contributed by atoms with Gasteiger partial charge in [-0.25, -0.2) is 0 Å². The molecule has 0 aromatic heterocycles. The summed E-state index contributed by atoms with van der Waals surface area (Å²) in [6, 6.07) is 15.3. The van der Waals surface area contributed by atoms with Gasteiger partial charge in [-0.05, 0) is 66.9 Å². The Kier molecular flexibility index (Phi) is 4.58. The Morgan fingerprint density at radius 1 is 1.15 bits per heavy atom. The van der Waals surface area contributed by atoms with Gasteiger partial charge in [0.1, 0.15) is 0 Å². The van der Waals surface area contributed by atoms with Crippen LogP contribution in [0.2, 0.25) is 0 Å². The number of carbonyl (C=O) groups excluding carboxylic acids is 3. The summed E-state index contributed by atoms with van der Waals surface area (Å²) in [6.07, 6.45) is 3.57. The number of imide groups is 1. The third-order valence-corrected chi connectivity index (χ3v) is 5.65. The molecular formula is C21H18N2O3S. The van der Waals surface area contributed by atoms with Crippen LogP contribution in [-0.4, -0.2) is 23.1 Å². The number of nitrogens with one attached hydrogen (secondary N) is 1.